The molecule has 2 heterocycles. The second-order valence-corrected chi connectivity index (χ2v) is 13.9. The van der Waals surface area contributed by atoms with Crippen LogP contribution in [0, 0.1) is 0 Å². The minimum atomic E-state index is -1.99. The van der Waals surface area contributed by atoms with E-state index < -0.39 is 14.1 Å². The minimum Gasteiger partial charge on any atom is -0.408 e. The number of hydrogen-bond acceptors (Lipinski definition) is 4. The average Bonchev–Trinajstić information content (AvgIpc) is 3.32. The van der Waals surface area contributed by atoms with Crippen molar-refractivity contribution < 1.29 is 18.6 Å². The zero-order valence-corrected chi connectivity index (χ0v) is 17.5. The summed E-state index contributed by atoms with van der Waals surface area (Å²) >= 11 is 0. The highest BCUT2D eigenvalue weighted by Crippen LogP contribution is 2.45. The van der Waals surface area contributed by atoms with Crippen molar-refractivity contribution in [3.05, 3.63) is 35.9 Å². The molecule has 2 fully saturated rings. The third-order valence-corrected chi connectivity index (χ3v) is 10.0. The predicted molar refractivity (Wildman–Crippen MR) is 101 cm³/mol. The first-order valence-electron chi connectivity index (χ1n) is 9.20. The SMILES string of the molecule is CC1(C)O[C@H]([C@@H]2CO2)[C@H](O[Si](C)(C)C(C)(C)C)[C@@H](c2ccccc2)O1. The standard InChI is InChI=1S/C20H32O4Si/c1-19(2,3)25(6,7)24-18-16(14-11-9-8-10-12-14)22-20(4,5)23-17(18)15-13-21-15/h8-12,15-18H,13H2,1-7H3/t15-,16+,17+,18+/m0/s1. The Morgan fingerprint density at radius 2 is 1.68 bits per heavy atom. The highest BCUT2D eigenvalue weighted by molar-refractivity contribution is 6.74. The molecule has 2 aliphatic heterocycles. The van der Waals surface area contributed by atoms with Gasteiger partial charge in [-0.05, 0) is 37.5 Å². The molecule has 5 heteroatoms. The summed E-state index contributed by atoms with van der Waals surface area (Å²) in [5.41, 5.74) is 1.13. The van der Waals surface area contributed by atoms with Gasteiger partial charge in [0.2, 0.25) is 0 Å². The fourth-order valence-electron chi connectivity index (χ4n) is 3.05. The van der Waals surface area contributed by atoms with Gasteiger partial charge in [-0.2, -0.15) is 0 Å². The summed E-state index contributed by atoms with van der Waals surface area (Å²) in [7, 11) is -1.99. The van der Waals surface area contributed by atoms with Crippen molar-refractivity contribution in [3.63, 3.8) is 0 Å². The van der Waals surface area contributed by atoms with Crippen molar-refractivity contribution >= 4 is 8.32 Å². The summed E-state index contributed by atoms with van der Waals surface area (Å²) in [6.45, 7) is 16.0. The molecule has 2 saturated heterocycles. The second kappa shape index (κ2) is 6.46. The number of rotatable bonds is 4. The van der Waals surface area contributed by atoms with E-state index >= 15 is 0 Å². The first kappa shape index (κ1) is 19.0. The maximum Gasteiger partial charge on any atom is 0.192 e. The van der Waals surface area contributed by atoms with Crippen LogP contribution in [0.15, 0.2) is 30.3 Å². The van der Waals surface area contributed by atoms with Crippen LogP contribution in [-0.4, -0.2) is 39.0 Å². The Labute approximate surface area is 152 Å². The third kappa shape index (κ3) is 4.17. The van der Waals surface area contributed by atoms with Crippen molar-refractivity contribution in [1.82, 2.24) is 0 Å². The Kier molecular flexibility index (Phi) is 4.92. The Morgan fingerprint density at radius 3 is 2.20 bits per heavy atom. The summed E-state index contributed by atoms with van der Waals surface area (Å²) in [6, 6.07) is 10.3. The van der Waals surface area contributed by atoms with E-state index in [-0.39, 0.29) is 29.5 Å². The summed E-state index contributed by atoms with van der Waals surface area (Å²) in [6.07, 6.45) is -0.329. The molecule has 0 amide bonds. The molecule has 1 aromatic carbocycles. The minimum absolute atomic E-state index is 0.101. The second-order valence-electron chi connectivity index (χ2n) is 9.15. The van der Waals surface area contributed by atoms with Crippen molar-refractivity contribution in [2.45, 2.75) is 83.0 Å². The summed E-state index contributed by atoms with van der Waals surface area (Å²) in [5, 5.41) is 0.121. The van der Waals surface area contributed by atoms with Crippen LogP contribution in [0.1, 0.15) is 46.3 Å². The van der Waals surface area contributed by atoms with Gasteiger partial charge in [-0.1, -0.05) is 51.1 Å². The molecule has 4 nitrogen and oxygen atoms in total. The Hall–Kier alpha value is -0.723. The van der Waals surface area contributed by atoms with Gasteiger partial charge in [0.05, 0.1) is 6.61 Å². The molecule has 0 aliphatic carbocycles. The van der Waals surface area contributed by atoms with E-state index in [1.54, 1.807) is 0 Å². The van der Waals surface area contributed by atoms with Crippen LogP contribution in [0.2, 0.25) is 18.1 Å². The van der Waals surface area contributed by atoms with Crippen LogP contribution in [-0.2, 0) is 18.6 Å². The molecule has 2 aliphatic rings. The van der Waals surface area contributed by atoms with Crippen LogP contribution in [0.3, 0.4) is 0 Å². The zero-order chi connectivity index (χ0) is 18.5. The lowest BCUT2D eigenvalue weighted by Crippen LogP contribution is -2.57. The number of ether oxygens (including phenoxy) is 3. The monoisotopic (exact) mass is 364 g/mol. The molecule has 25 heavy (non-hydrogen) atoms. The Bertz CT molecular complexity index is 589. The number of benzene rings is 1. The number of epoxide rings is 1. The molecular formula is C20H32O4Si. The van der Waals surface area contributed by atoms with Crippen molar-refractivity contribution in [2.24, 2.45) is 0 Å². The summed E-state index contributed by atoms with van der Waals surface area (Å²) in [4.78, 5) is 0. The van der Waals surface area contributed by atoms with E-state index in [0.717, 1.165) is 12.2 Å². The fourth-order valence-corrected chi connectivity index (χ4v) is 4.34. The fraction of sp³-hybridized carbons (Fsp3) is 0.700. The topological polar surface area (TPSA) is 40.2 Å². The molecule has 140 valence electrons. The van der Waals surface area contributed by atoms with E-state index in [1.165, 1.54) is 0 Å². The quantitative estimate of drug-likeness (QED) is 0.575. The van der Waals surface area contributed by atoms with Gasteiger partial charge in [0, 0.05) is 0 Å². The van der Waals surface area contributed by atoms with E-state index in [0.29, 0.717) is 0 Å². The molecule has 0 radical (unpaired) electrons. The molecule has 4 atom stereocenters. The van der Waals surface area contributed by atoms with E-state index in [2.05, 4.69) is 46.0 Å². The first-order valence-corrected chi connectivity index (χ1v) is 12.1. The molecule has 3 rings (SSSR count). The van der Waals surface area contributed by atoms with Gasteiger partial charge in [-0.25, -0.2) is 0 Å². The zero-order valence-electron chi connectivity index (χ0n) is 16.5. The van der Waals surface area contributed by atoms with Gasteiger partial charge in [0.25, 0.3) is 0 Å². The molecule has 1 aromatic rings. The smallest absolute Gasteiger partial charge is 0.192 e. The van der Waals surface area contributed by atoms with Gasteiger partial charge >= 0.3 is 0 Å². The van der Waals surface area contributed by atoms with Gasteiger partial charge < -0.3 is 18.6 Å². The molecule has 0 N–H and O–H groups in total. The Morgan fingerprint density at radius 1 is 1.08 bits per heavy atom. The van der Waals surface area contributed by atoms with Crippen LogP contribution in [0.25, 0.3) is 0 Å². The van der Waals surface area contributed by atoms with E-state index in [9.17, 15) is 0 Å². The average molecular weight is 365 g/mol. The molecule has 0 aromatic heterocycles. The van der Waals surface area contributed by atoms with Gasteiger partial charge in [0.15, 0.2) is 14.1 Å². The highest BCUT2D eigenvalue weighted by Gasteiger charge is 2.54. The van der Waals surface area contributed by atoms with Crippen LogP contribution < -0.4 is 0 Å². The highest BCUT2D eigenvalue weighted by atomic mass is 28.4. The molecule has 0 saturated carbocycles. The molecule has 0 spiro atoms. The largest absolute Gasteiger partial charge is 0.408 e. The molecular weight excluding hydrogens is 332 g/mol. The third-order valence-electron chi connectivity index (χ3n) is 5.54. The van der Waals surface area contributed by atoms with Crippen LogP contribution >= 0.6 is 0 Å². The lowest BCUT2D eigenvalue weighted by Gasteiger charge is -2.49. The number of hydrogen-bond donors (Lipinski definition) is 0. The predicted octanol–water partition coefficient (Wildman–Crippen LogP) is 4.67. The first-order chi connectivity index (χ1) is 11.5. The lowest BCUT2D eigenvalue weighted by molar-refractivity contribution is -0.334. The van der Waals surface area contributed by atoms with Gasteiger partial charge in [0.1, 0.15) is 24.4 Å². The lowest BCUT2D eigenvalue weighted by atomic mass is 9.96. The summed E-state index contributed by atoms with van der Waals surface area (Å²) in [5.74, 6) is -0.662. The van der Waals surface area contributed by atoms with Crippen molar-refractivity contribution in [3.8, 4) is 0 Å². The van der Waals surface area contributed by atoms with Crippen molar-refractivity contribution in [2.75, 3.05) is 6.61 Å². The maximum atomic E-state index is 6.83. The maximum absolute atomic E-state index is 6.83. The van der Waals surface area contributed by atoms with Crippen LogP contribution in [0.5, 0.6) is 0 Å². The normalized spacial score (nSPS) is 32.4. The molecule has 0 bridgehead atoms. The van der Waals surface area contributed by atoms with Crippen molar-refractivity contribution in [1.29, 1.82) is 0 Å². The van der Waals surface area contributed by atoms with E-state index in [1.807, 2.05) is 32.0 Å². The van der Waals surface area contributed by atoms with Crippen LogP contribution in [0.4, 0.5) is 0 Å². The van der Waals surface area contributed by atoms with E-state index in [4.69, 9.17) is 18.6 Å². The van der Waals surface area contributed by atoms with Gasteiger partial charge in [-0.3, -0.25) is 0 Å². The Balaban J connectivity index is 1.96. The molecule has 0 unspecified atom stereocenters. The van der Waals surface area contributed by atoms with Gasteiger partial charge in [-0.15, -0.1) is 0 Å². The summed E-state index contributed by atoms with van der Waals surface area (Å²) < 4.78 is 25.1.